The number of primary sulfonamides is 1. The molecule has 0 radical (unpaired) electrons. The van der Waals surface area contributed by atoms with Crippen molar-refractivity contribution in [1.82, 2.24) is 20.9 Å². The molecule has 12 heteroatoms. The standard InChI is InChI=1S/C21H28N6O3S3/c22-33(29,30)15-7-5-13(6-8-15)9-10-23-18(28)11-14-12-32-21(24-14)27-19-16-3-1-2-4-17(16)25-20(31)26-19/h5-8,12,16-17,19H,1-4,9-11H2,(H,23,28)(H,24,27)(H2,22,29,30)(H2,25,26,31). The Hall–Kier alpha value is -2.28. The molecule has 0 bridgehead atoms. The smallest absolute Gasteiger partial charge is 0.238 e. The second-order valence-electron chi connectivity index (χ2n) is 8.40. The molecule has 3 unspecified atom stereocenters. The van der Waals surface area contributed by atoms with E-state index in [1.54, 1.807) is 12.1 Å². The fourth-order valence-corrected chi connectivity index (χ4v) is 5.89. The van der Waals surface area contributed by atoms with E-state index in [2.05, 4.69) is 26.3 Å². The van der Waals surface area contributed by atoms with Crippen LogP contribution in [0.5, 0.6) is 0 Å². The van der Waals surface area contributed by atoms with Gasteiger partial charge in [-0.3, -0.25) is 4.79 Å². The SMILES string of the molecule is NS(=O)(=O)c1ccc(CCNC(=O)Cc2csc(NC3NC(=S)NC4CCCCC43)n2)cc1. The number of rotatable bonds is 8. The van der Waals surface area contributed by atoms with E-state index in [0.717, 1.165) is 23.5 Å². The van der Waals surface area contributed by atoms with Gasteiger partial charge in [-0.25, -0.2) is 18.5 Å². The largest absolute Gasteiger partial charge is 0.360 e. The Bertz CT molecular complexity index is 1100. The first-order valence-electron chi connectivity index (χ1n) is 10.9. The molecule has 0 spiro atoms. The highest BCUT2D eigenvalue weighted by Crippen LogP contribution is 2.30. The van der Waals surface area contributed by atoms with Crippen LogP contribution in [-0.4, -0.2) is 43.2 Å². The van der Waals surface area contributed by atoms with E-state index in [0.29, 0.717) is 35.7 Å². The van der Waals surface area contributed by atoms with Gasteiger partial charge in [-0.2, -0.15) is 0 Å². The lowest BCUT2D eigenvalue weighted by molar-refractivity contribution is -0.120. The van der Waals surface area contributed by atoms with Crippen LogP contribution in [0.2, 0.25) is 0 Å². The van der Waals surface area contributed by atoms with Crippen molar-refractivity contribution in [3.63, 3.8) is 0 Å². The van der Waals surface area contributed by atoms with Gasteiger partial charge in [-0.05, 0) is 49.2 Å². The number of benzene rings is 1. The van der Waals surface area contributed by atoms with Crippen molar-refractivity contribution >= 4 is 49.7 Å². The highest BCUT2D eigenvalue weighted by atomic mass is 32.2. The molecule has 2 aliphatic rings. The molecular formula is C21H28N6O3S3. The topological polar surface area (TPSA) is 138 Å². The summed E-state index contributed by atoms with van der Waals surface area (Å²) >= 11 is 6.85. The number of nitrogens with one attached hydrogen (secondary N) is 4. The van der Waals surface area contributed by atoms with E-state index in [9.17, 15) is 13.2 Å². The Morgan fingerprint density at radius 2 is 1.97 bits per heavy atom. The summed E-state index contributed by atoms with van der Waals surface area (Å²) in [5, 5.41) is 21.5. The van der Waals surface area contributed by atoms with Crippen LogP contribution in [0.3, 0.4) is 0 Å². The highest BCUT2D eigenvalue weighted by Gasteiger charge is 2.36. The second kappa shape index (κ2) is 10.3. The first-order valence-corrected chi connectivity index (χ1v) is 13.8. The van der Waals surface area contributed by atoms with Crippen molar-refractivity contribution in [2.75, 3.05) is 11.9 Å². The minimum atomic E-state index is -3.70. The number of sulfonamides is 1. The number of nitrogens with zero attached hydrogens (tertiary/aromatic N) is 1. The number of nitrogens with two attached hydrogens (primary N) is 1. The number of carbonyl (C=O) groups is 1. The van der Waals surface area contributed by atoms with Gasteiger partial charge >= 0.3 is 0 Å². The van der Waals surface area contributed by atoms with E-state index >= 15 is 0 Å². The highest BCUT2D eigenvalue weighted by molar-refractivity contribution is 7.89. The number of aromatic nitrogens is 1. The molecule has 33 heavy (non-hydrogen) atoms. The predicted octanol–water partition coefficient (Wildman–Crippen LogP) is 1.47. The van der Waals surface area contributed by atoms with Crippen LogP contribution in [-0.2, 0) is 27.7 Å². The summed E-state index contributed by atoms with van der Waals surface area (Å²) in [4.78, 5) is 17.0. The van der Waals surface area contributed by atoms with Crippen LogP contribution >= 0.6 is 23.6 Å². The lowest BCUT2D eigenvalue weighted by atomic mass is 9.81. The normalized spacial score (nSPS) is 22.6. The minimum Gasteiger partial charge on any atom is -0.360 e. The summed E-state index contributed by atoms with van der Waals surface area (Å²) in [7, 11) is -3.70. The number of carbonyl (C=O) groups excluding carboxylic acids is 1. The van der Waals surface area contributed by atoms with E-state index in [-0.39, 0.29) is 23.4 Å². The summed E-state index contributed by atoms with van der Waals surface area (Å²) in [6, 6.07) is 6.72. The van der Waals surface area contributed by atoms with Crippen LogP contribution in [0.4, 0.5) is 5.13 Å². The van der Waals surface area contributed by atoms with Crippen molar-refractivity contribution in [1.29, 1.82) is 0 Å². The number of thiocarbonyl (C=S) groups is 1. The van der Waals surface area contributed by atoms with Crippen molar-refractivity contribution in [2.45, 2.75) is 55.6 Å². The van der Waals surface area contributed by atoms with Gasteiger partial charge in [-0.15, -0.1) is 11.3 Å². The van der Waals surface area contributed by atoms with Gasteiger partial charge in [0.05, 0.1) is 17.0 Å². The molecule has 1 amide bonds. The molecule has 1 saturated carbocycles. The summed E-state index contributed by atoms with van der Waals surface area (Å²) in [5.41, 5.74) is 1.63. The number of fused-ring (bicyclic) bond motifs is 1. The molecule has 9 nitrogen and oxygen atoms in total. The Morgan fingerprint density at radius 3 is 2.73 bits per heavy atom. The molecule has 2 heterocycles. The zero-order valence-corrected chi connectivity index (χ0v) is 20.5. The van der Waals surface area contributed by atoms with Gasteiger partial charge in [0.1, 0.15) is 6.17 Å². The third-order valence-electron chi connectivity index (χ3n) is 6.01. The molecule has 1 aromatic heterocycles. The second-order valence-corrected chi connectivity index (χ2v) is 11.2. The lowest BCUT2D eigenvalue weighted by Gasteiger charge is -2.43. The first-order chi connectivity index (χ1) is 15.8. The maximum Gasteiger partial charge on any atom is 0.238 e. The molecule has 6 N–H and O–H groups in total. The van der Waals surface area contributed by atoms with Gasteiger partial charge in [0.25, 0.3) is 0 Å². The van der Waals surface area contributed by atoms with Gasteiger partial charge in [0.15, 0.2) is 10.2 Å². The minimum absolute atomic E-state index is 0.0394. The average Bonchev–Trinajstić information content (AvgIpc) is 3.20. The van der Waals surface area contributed by atoms with Crippen molar-refractivity contribution in [2.24, 2.45) is 11.1 Å². The van der Waals surface area contributed by atoms with Gasteiger partial charge in [0, 0.05) is 23.9 Å². The molecule has 1 aromatic carbocycles. The number of anilines is 1. The van der Waals surface area contributed by atoms with Crippen LogP contribution in [0, 0.1) is 5.92 Å². The third-order valence-corrected chi connectivity index (χ3v) is 8.00. The summed E-state index contributed by atoms with van der Waals surface area (Å²) < 4.78 is 22.6. The van der Waals surface area contributed by atoms with E-state index in [1.165, 1.54) is 36.3 Å². The molecule has 1 saturated heterocycles. The van der Waals surface area contributed by atoms with Crippen LogP contribution in [0.1, 0.15) is 36.9 Å². The molecule has 1 aliphatic heterocycles. The summed E-state index contributed by atoms with van der Waals surface area (Å²) in [6.45, 7) is 0.447. The van der Waals surface area contributed by atoms with Crippen LogP contribution < -0.4 is 26.4 Å². The molecular weight excluding hydrogens is 480 g/mol. The van der Waals surface area contributed by atoms with E-state index < -0.39 is 10.0 Å². The first kappa shape index (κ1) is 23.9. The maximum atomic E-state index is 12.3. The molecule has 3 atom stereocenters. The molecule has 2 fully saturated rings. The average molecular weight is 509 g/mol. The molecule has 178 valence electrons. The number of thiazole rings is 1. The van der Waals surface area contributed by atoms with Crippen molar-refractivity contribution in [3.8, 4) is 0 Å². The Kier molecular flexibility index (Phi) is 7.47. The zero-order valence-electron chi connectivity index (χ0n) is 18.0. The fraction of sp³-hybridized carbons (Fsp3) is 0.476. The number of hydrogen-bond acceptors (Lipinski definition) is 7. The molecule has 2 aromatic rings. The Morgan fingerprint density at radius 1 is 1.21 bits per heavy atom. The monoisotopic (exact) mass is 508 g/mol. The maximum absolute atomic E-state index is 12.3. The Labute approximate surface area is 203 Å². The zero-order chi connectivity index (χ0) is 23.4. The summed E-state index contributed by atoms with van der Waals surface area (Å²) in [6.07, 6.45) is 5.53. The Balaban J connectivity index is 1.24. The number of amides is 1. The predicted molar refractivity (Wildman–Crippen MR) is 132 cm³/mol. The summed E-state index contributed by atoms with van der Waals surface area (Å²) in [5.74, 6) is 0.335. The van der Waals surface area contributed by atoms with Gasteiger partial charge in [-0.1, -0.05) is 25.0 Å². The van der Waals surface area contributed by atoms with Crippen molar-refractivity contribution < 1.29 is 13.2 Å². The molecule has 4 rings (SSSR count). The quantitative estimate of drug-likeness (QED) is 0.338. The van der Waals surface area contributed by atoms with Crippen LogP contribution in [0.25, 0.3) is 0 Å². The van der Waals surface area contributed by atoms with Gasteiger partial charge in [0.2, 0.25) is 15.9 Å². The third kappa shape index (κ3) is 6.40. The molecule has 1 aliphatic carbocycles. The van der Waals surface area contributed by atoms with E-state index in [4.69, 9.17) is 17.4 Å². The fourth-order valence-electron chi connectivity index (χ4n) is 4.35. The van der Waals surface area contributed by atoms with E-state index in [1.807, 2.05) is 5.38 Å². The van der Waals surface area contributed by atoms with Crippen molar-refractivity contribution in [3.05, 3.63) is 40.9 Å². The number of hydrogen-bond donors (Lipinski definition) is 5. The lowest BCUT2D eigenvalue weighted by Crippen LogP contribution is -2.63. The van der Waals surface area contributed by atoms with Gasteiger partial charge < -0.3 is 21.3 Å². The van der Waals surface area contributed by atoms with Crippen LogP contribution in [0.15, 0.2) is 34.5 Å².